The summed E-state index contributed by atoms with van der Waals surface area (Å²) in [6.45, 7) is 5.99. The van der Waals surface area contributed by atoms with Crippen LogP contribution < -0.4 is 10.1 Å². The SMILES string of the molecule is CCSCCOC(=O)C1=C(C)NC2=C(C(=O)[C@H](C(=O)OC)[C@H](C)C2)[C@H]1c1cccc(Oc2ccccc2)c1. The number of methoxy groups -OCH3 is 1. The molecule has 200 valence electrons. The lowest BCUT2D eigenvalue weighted by Crippen LogP contribution is -2.43. The molecule has 8 heteroatoms. The largest absolute Gasteiger partial charge is 0.468 e. The number of carbonyl (C=O) groups excluding carboxylic acids is 3. The number of Topliss-reactive ketones (excluding diaryl/α,β-unsaturated/α-hetero) is 1. The maximum Gasteiger partial charge on any atom is 0.336 e. The number of rotatable bonds is 9. The normalized spacial score (nSPS) is 20.9. The molecule has 3 atom stereocenters. The van der Waals surface area contributed by atoms with Gasteiger partial charge in [-0.2, -0.15) is 11.8 Å². The smallest absolute Gasteiger partial charge is 0.336 e. The van der Waals surface area contributed by atoms with Crippen LogP contribution >= 0.6 is 11.8 Å². The molecule has 0 amide bonds. The van der Waals surface area contributed by atoms with Crippen molar-refractivity contribution in [2.45, 2.75) is 33.1 Å². The number of hydrogen-bond acceptors (Lipinski definition) is 8. The van der Waals surface area contributed by atoms with E-state index < -0.39 is 23.8 Å². The monoisotopic (exact) mass is 535 g/mol. The number of nitrogens with one attached hydrogen (secondary N) is 1. The third-order valence-electron chi connectivity index (χ3n) is 6.80. The molecule has 0 spiro atoms. The van der Waals surface area contributed by atoms with E-state index in [9.17, 15) is 14.4 Å². The predicted molar refractivity (Wildman–Crippen MR) is 147 cm³/mol. The Labute approximate surface area is 227 Å². The van der Waals surface area contributed by atoms with Crippen LogP contribution in [-0.4, -0.2) is 42.9 Å². The molecule has 2 aliphatic rings. The van der Waals surface area contributed by atoms with Gasteiger partial charge < -0.3 is 19.5 Å². The third-order valence-corrected chi connectivity index (χ3v) is 7.66. The van der Waals surface area contributed by atoms with Crippen molar-refractivity contribution >= 4 is 29.5 Å². The fourth-order valence-corrected chi connectivity index (χ4v) is 5.57. The van der Waals surface area contributed by atoms with E-state index in [2.05, 4.69) is 5.32 Å². The summed E-state index contributed by atoms with van der Waals surface area (Å²) in [6.07, 6.45) is 0.477. The molecule has 1 N–H and O–H groups in total. The molecule has 1 aliphatic carbocycles. The summed E-state index contributed by atoms with van der Waals surface area (Å²) in [5.41, 5.74) is 2.81. The van der Waals surface area contributed by atoms with Gasteiger partial charge >= 0.3 is 11.9 Å². The van der Waals surface area contributed by atoms with Crippen molar-refractivity contribution in [3.63, 3.8) is 0 Å². The van der Waals surface area contributed by atoms with E-state index in [1.807, 2.05) is 75.4 Å². The van der Waals surface area contributed by atoms with Gasteiger partial charge in [-0.05, 0) is 54.8 Å². The summed E-state index contributed by atoms with van der Waals surface area (Å²) in [5, 5.41) is 3.29. The fourth-order valence-electron chi connectivity index (χ4n) is 5.08. The number of dihydropyridines is 1. The summed E-state index contributed by atoms with van der Waals surface area (Å²) in [4.78, 5) is 40.0. The van der Waals surface area contributed by atoms with Crippen molar-refractivity contribution in [3.8, 4) is 11.5 Å². The molecule has 0 unspecified atom stereocenters. The van der Waals surface area contributed by atoms with Gasteiger partial charge in [0.25, 0.3) is 0 Å². The topological polar surface area (TPSA) is 90.9 Å². The van der Waals surface area contributed by atoms with Gasteiger partial charge in [0.1, 0.15) is 24.0 Å². The highest BCUT2D eigenvalue weighted by Gasteiger charge is 2.47. The molecule has 0 bridgehead atoms. The first kappa shape index (κ1) is 27.5. The first-order valence-corrected chi connectivity index (χ1v) is 13.9. The zero-order valence-corrected chi connectivity index (χ0v) is 22.9. The van der Waals surface area contributed by atoms with Crippen molar-refractivity contribution in [2.75, 3.05) is 25.2 Å². The van der Waals surface area contributed by atoms with Gasteiger partial charge in [0, 0.05) is 28.6 Å². The number of carbonyl (C=O) groups is 3. The molecule has 38 heavy (non-hydrogen) atoms. The number of allylic oxidation sites excluding steroid dienone is 3. The number of benzene rings is 2. The average molecular weight is 536 g/mol. The van der Waals surface area contributed by atoms with Crippen LogP contribution in [0.4, 0.5) is 0 Å². The van der Waals surface area contributed by atoms with Crippen molar-refractivity contribution in [1.82, 2.24) is 5.32 Å². The van der Waals surface area contributed by atoms with Crippen molar-refractivity contribution < 1.29 is 28.6 Å². The first-order valence-electron chi connectivity index (χ1n) is 12.8. The van der Waals surface area contributed by atoms with Crippen LogP contribution in [0, 0.1) is 11.8 Å². The lowest BCUT2D eigenvalue weighted by atomic mass is 9.69. The van der Waals surface area contributed by atoms with Gasteiger partial charge in [0.2, 0.25) is 0 Å². The molecule has 4 rings (SSSR count). The van der Waals surface area contributed by atoms with Crippen LogP contribution in [0.25, 0.3) is 0 Å². The van der Waals surface area contributed by atoms with E-state index in [1.165, 1.54) is 7.11 Å². The number of ketones is 1. The first-order chi connectivity index (χ1) is 18.3. The highest BCUT2D eigenvalue weighted by atomic mass is 32.2. The highest BCUT2D eigenvalue weighted by molar-refractivity contribution is 7.99. The van der Waals surface area contributed by atoms with Crippen LogP contribution in [0.3, 0.4) is 0 Å². The number of thioether (sulfide) groups is 1. The Balaban J connectivity index is 1.77. The second-order valence-electron chi connectivity index (χ2n) is 9.36. The van der Waals surface area contributed by atoms with Gasteiger partial charge in [-0.15, -0.1) is 0 Å². The lowest BCUT2D eigenvalue weighted by molar-refractivity contribution is -0.151. The standard InChI is InChI=1S/C30H33NO6S/c1-5-38-15-14-36-30(34)25-19(3)31-23-16-18(2)24(29(33)35-4)28(32)27(23)26(25)20-10-9-13-22(17-20)37-21-11-7-6-8-12-21/h6-13,17-18,24,26,31H,5,14-16H2,1-4H3/t18-,24-,26+/m1/s1. The Bertz CT molecular complexity index is 1270. The summed E-state index contributed by atoms with van der Waals surface area (Å²) in [7, 11) is 1.29. The summed E-state index contributed by atoms with van der Waals surface area (Å²) >= 11 is 1.68. The minimum Gasteiger partial charge on any atom is -0.468 e. The molecule has 0 saturated carbocycles. The molecule has 1 heterocycles. The predicted octanol–water partition coefficient (Wildman–Crippen LogP) is 5.39. The molecule has 2 aromatic rings. The molecule has 2 aromatic carbocycles. The lowest BCUT2D eigenvalue weighted by Gasteiger charge is -2.38. The summed E-state index contributed by atoms with van der Waals surface area (Å²) in [6, 6.07) is 16.7. The van der Waals surface area contributed by atoms with Crippen LogP contribution in [0.2, 0.25) is 0 Å². The van der Waals surface area contributed by atoms with E-state index in [1.54, 1.807) is 11.8 Å². The zero-order valence-electron chi connectivity index (χ0n) is 22.1. The Hall–Kier alpha value is -3.52. The molecule has 7 nitrogen and oxygen atoms in total. The fraction of sp³-hybridized carbons (Fsp3) is 0.367. The van der Waals surface area contributed by atoms with E-state index in [-0.39, 0.29) is 18.3 Å². The van der Waals surface area contributed by atoms with Crippen molar-refractivity contribution in [3.05, 3.63) is 82.7 Å². The van der Waals surface area contributed by atoms with E-state index in [0.29, 0.717) is 46.1 Å². The second-order valence-corrected chi connectivity index (χ2v) is 10.7. The van der Waals surface area contributed by atoms with E-state index in [4.69, 9.17) is 14.2 Å². The van der Waals surface area contributed by atoms with Crippen LogP contribution in [0.1, 0.15) is 38.7 Å². The third kappa shape index (κ3) is 5.80. The van der Waals surface area contributed by atoms with Crippen LogP contribution in [-0.2, 0) is 23.9 Å². The Morgan fingerprint density at radius 3 is 2.53 bits per heavy atom. The number of para-hydroxylation sites is 1. The van der Waals surface area contributed by atoms with Crippen molar-refractivity contribution in [1.29, 1.82) is 0 Å². The van der Waals surface area contributed by atoms with E-state index >= 15 is 0 Å². The molecule has 0 aromatic heterocycles. The Morgan fingerprint density at radius 2 is 1.82 bits per heavy atom. The van der Waals surface area contributed by atoms with Gasteiger partial charge in [0.05, 0.1) is 12.7 Å². The molecular formula is C30H33NO6S. The molecule has 1 aliphatic heterocycles. The van der Waals surface area contributed by atoms with Crippen LogP contribution in [0.5, 0.6) is 11.5 Å². The van der Waals surface area contributed by atoms with E-state index in [0.717, 1.165) is 11.4 Å². The number of hydrogen-bond donors (Lipinski definition) is 1. The van der Waals surface area contributed by atoms with Crippen molar-refractivity contribution in [2.24, 2.45) is 11.8 Å². The molecule has 0 fully saturated rings. The molecule has 0 radical (unpaired) electrons. The highest BCUT2D eigenvalue weighted by Crippen LogP contribution is 2.46. The van der Waals surface area contributed by atoms with Gasteiger partial charge in [-0.1, -0.05) is 44.2 Å². The Morgan fingerprint density at radius 1 is 1.08 bits per heavy atom. The number of esters is 2. The summed E-state index contributed by atoms with van der Waals surface area (Å²) < 4.78 is 16.7. The maximum atomic E-state index is 13.9. The maximum absolute atomic E-state index is 13.9. The summed E-state index contributed by atoms with van der Waals surface area (Å²) in [5.74, 6) is -0.452. The average Bonchev–Trinajstić information content (AvgIpc) is 2.90. The van der Waals surface area contributed by atoms with Gasteiger partial charge in [0.15, 0.2) is 5.78 Å². The zero-order chi connectivity index (χ0) is 27.2. The second kappa shape index (κ2) is 12.3. The Kier molecular flexibility index (Phi) is 8.94. The van der Waals surface area contributed by atoms with Gasteiger partial charge in [-0.3, -0.25) is 9.59 Å². The minimum absolute atomic E-state index is 0.248. The van der Waals surface area contributed by atoms with Gasteiger partial charge in [-0.25, -0.2) is 4.79 Å². The van der Waals surface area contributed by atoms with Crippen LogP contribution in [0.15, 0.2) is 77.1 Å². The quantitative estimate of drug-likeness (QED) is 0.260. The minimum atomic E-state index is -0.941. The molecular weight excluding hydrogens is 502 g/mol. The number of ether oxygens (including phenoxy) is 3. The molecule has 0 saturated heterocycles.